The molecule has 5 heteroatoms. The van der Waals surface area contributed by atoms with E-state index in [9.17, 15) is 9.90 Å². The molecular formula is C8H12N2O3. The quantitative estimate of drug-likeness (QED) is 0.573. The number of nitrogens with zero attached hydrogens (tertiary/aromatic N) is 2. The van der Waals surface area contributed by atoms with Crippen LogP contribution < -0.4 is 0 Å². The van der Waals surface area contributed by atoms with Crippen LogP contribution in [-0.4, -0.2) is 41.9 Å². The number of carbonyl (C=O) groups excluding carboxylic acids is 1. The summed E-state index contributed by atoms with van der Waals surface area (Å²) >= 11 is 0. The van der Waals surface area contributed by atoms with Crippen molar-refractivity contribution in [1.29, 1.82) is 5.26 Å². The number of amides is 1. The molecule has 1 N–H and O–H groups in total. The second kappa shape index (κ2) is 3.62. The highest BCUT2D eigenvalue weighted by molar-refractivity contribution is 5.68. The van der Waals surface area contributed by atoms with Crippen LogP contribution in [0, 0.1) is 17.2 Å². The summed E-state index contributed by atoms with van der Waals surface area (Å²) in [4.78, 5) is 12.5. The Bertz CT molecular complexity index is 248. The first-order chi connectivity index (χ1) is 6.11. The van der Waals surface area contributed by atoms with Crippen LogP contribution in [0.1, 0.15) is 6.92 Å². The van der Waals surface area contributed by atoms with Crippen molar-refractivity contribution in [2.45, 2.75) is 19.1 Å². The zero-order chi connectivity index (χ0) is 10.0. The molecule has 1 amide bonds. The summed E-state index contributed by atoms with van der Waals surface area (Å²) in [5.74, 6) is -0.515. The Morgan fingerprint density at radius 3 is 2.77 bits per heavy atom. The molecular weight excluding hydrogens is 172 g/mol. The molecule has 0 aromatic heterocycles. The lowest BCUT2D eigenvalue weighted by molar-refractivity contribution is 0.114. The molecule has 0 saturated carbocycles. The minimum atomic E-state index is -0.765. The molecule has 0 bridgehead atoms. The third-order valence-corrected chi connectivity index (χ3v) is 2.37. The smallest absolute Gasteiger partial charge is 0.409 e. The van der Waals surface area contributed by atoms with E-state index in [4.69, 9.17) is 5.26 Å². The molecule has 0 aliphatic carbocycles. The molecule has 3 atom stereocenters. The van der Waals surface area contributed by atoms with Gasteiger partial charge in [0.15, 0.2) is 0 Å². The summed E-state index contributed by atoms with van der Waals surface area (Å²) in [6.45, 7) is 1.90. The second-order valence-electron chi connectivity index (χ2n) is 3.09. The summed E-state index contributed by atoms with van der Waals surface area (Å²) in [7, 11) is 1.28. The average Bonchev–Trinajstić information content (AvgIpc) is 2.40. The van der Waals surface area contributed by atoms with Gasteiger partial charge in [0.2, 0.25) is 0 Å². The number of aliphatic hydroxyl groups is 1. The first-order valence-corrected chi connectivity index (χ1v) is 4.04. The standard InChI is InChI=1S/C8H12N2O3/c1-5-6(3-9)7(11)4-10(5)8(12)13-2/h5-7,11H,4H2,1-2H3. The molecule has 1 aliphatic rings. The number of hydrogen-bond donors (Lipinski definition) is 1. The van der Waals surface area contributed by atoms with Crippen LogP contribution >= 0.6 is 0 Å². The van der Waals surface area contributed by atoms with E-state index in [1.165, 1.54) is 12.0 Å². The SMILES string of the molecule is COC(=O)N1CC(O)C(C#N)C1C. The zero-order valence-corrected chi connectivity index (χ0v) is 7.60. The number of nitriles is 1. The van der Waals surface area contributed by atoms with Crippen LogP contribution in [-0.2, 0) is 4.74 Å². The van der Waals surface area contributed by atoms with Gasteiger partial charge in [0.05, 0.1) is 37.8 Å². The van der Waals surface area contributed by atoms with Gasteiger partial charge < -0.3 is 14.7 Å². The monoisotopic (exact) mass is 184 g/mol. The zero-order valence-electron chi connectivity index (χ0n) is 7.60. The summed E-state index contributed by atoms with van der Waals surface area (Å²) in [5.41, 5.74) is 0. The Hall–Kier alpha value is -1.28. The van der Waals surface area contributed by atoms with E-state index < -0.39 is 18.1 Å². The molecule has 1 heterocycles. The molecule has 1 saturated heterocycles. The number of likely N-dealkylation sites (tertiary alicyclic amines) is 1. The lowest BCUT2D eigenvalue weighted by atomic mass is 10.0. The number of ether oxygens (including phenoxy) is 1. The summed E-state index contributed by atoms with van der Waals surface area (Å²) in [6, 6.07) is 1.69. The highest BCUT2D eigenvalue weighted by Crippen LogP contribution is 2.24. The minimum absolute atomic E-state index is 0.173. The first kappa shape index (κ1) is 9.81. The van der Waals surface area contributed by atoms with Crippen LogP contribution in [0.4, 0.5) is 4.79 Å². The van der Waals surface area contributed by atoms with Crippen LogP contribution in [0.2, 0.25) is 0 Å². The van der Waals surface area contributed by atoms with E-state index in [1.807, 2.05) is 6.07 Å². The van der Waals surface area contributed by atoms with Gasteiger partial charge in [-0.05, 0) is 6.92 Å². The third-order valence-electron chi connectivity index (χ3n) is 2.37. The minimum Gasteiger partial charge on any atom is -0.453 e. The summed E-state index contributed by atoms with van der Waals surface area (Å²) < 4.78 is 4.51. The molecule has 13 heavy (non-hydrogen) atoms. The number of rotatable bonds is 0. The summed E-state index contributed by atoms with van der Waals surface area (Å²) in [5, 5.41) is 18.1. The fraction of sp³-hybridized carbons (Fsp3) is 0.750. The fourth-order valence-electron chi connectivity index (χ4n) is 1.55. The Balaban J connectivity index is 2.74. The van der Waals surface area contributed by atoms with Crippen molar-refractivity contribution in [2.75, 3.05) is 13.7 Å². The van der Waals surface area contributed by atoms with E-state index in [0.29, 0.717) is 0 Å². The normalized spacial score (nSPS) is 32.8. The maximum atomic E-state index is 11.1. The number of carbonyl (C=O) groups is 1. The number of β-amino-alcohol motifs (C(OH)–C–C–N with tert-alkyl or cyclic N) is 1. The molecule has 1 aliphatic heterocycles. The molecule has 3 unspecified atom stereocenters. The largest absolute Gasteiger partial charge is 0.453 e. The Labute approximate surface area is 76.5 Å². The molecule has 0 aromatic rings. The summed E-state index contributed by atoms with van der Waals surface area (Å²) in [6.07, 6.45) is -1.26. The molecule has 0 spiro atoms. The second-order valence-corrected chi connectivity index (χ2v) is 3.09. The Morgan fingerprint density at radius 1 is 1.77 bits per heavy atom. The van der Waals surface area contributed by atoms with E-state index in [0.717, 1.165) is 0 Å². The lowest BCUT2D eigenvalue weighted by Crippen LogP contribution is -2.35. The highest BCUT2D eigenvalue weighted by Gasteiger charge is 2.41. The van der Waals surface area contributed by atoms with E-state index in [2.05, 4.69) is 4.74 Å². The molecule has 0 radical (unpaired) electrons. The van der Waals surface area contributed by atoms with Crippen LogP contribution in [0.5, 0.6) is 0 Å². The van der Waals surface area contributed by atoms with E-state index >= 15 is 0 Å². The van der Waals surface area contributed by atoms with Crippen molar-refractivity contribution in [3.05, 3.63) is 0 Å². The van der Waals surface area contributed by atoms with Crippen LogP contribution in [0.15, 0.2) is 0 Å². The predicted octanol–water partition coefficient (Wildman–Crippen LogP) is -0.0424. The Morgan fingerprint density at radius 2 is 2.38 bits per heavy atom. The van der Waals surface area contributed by atoms with Gasteiger partial charge >= 0.3 is 6.09 Å². The van der Waals surface area contributed by atoms with Crippen molar-refractivity contribution >= 4 is 6.09 Å². The van der Waals surface area contributed by atoms with Crippen molar-refractivity contribution in [2.24, 2.45) is 5.92 Å². The van der Waals surface area contributed by atoms with Gasteiger partial charge in [-0.1, -0.05) is 0 Å². The molecule has 72 valence electrons. The highest BCUT2D eigenvalue weighted by atomic mass is 16.5. The fourth-order valence-corrected chi connectivity index (χ4v) is 1.55. The van der Waals surface area contributed by atoms with Gasteiger partial charge in [0.1, 0.15) is 0 Å². The van der Waals surface area contributed by atoms with Gasteiger partial charge in [-0.15, -0.1) is 0 Å². The van der Waals surface area contributed by atoms with Crippen molar-refractivity contribution in [3.63, 3.8) is 0 Å². The molecule has 1 fully saturated rings. The number of methoxy groups -OCH3 is 1. The molecule has 0 aromatic carbocycles. The molecule has 5 nitrogen and oxygen atoms in total. The van der Waals surface area contributed by atoms with Gasteiger partial charge in [0.25, 0.3) is 0 Å². The van der Waals surface area contributed by atoms with Crippen molar-refractivity contribution in [1.82, 2.24) is 4.90 Å². The topological polar surface area (TPSA) is 73.6 Å². The third kappa shape index (κ3) is 1.58. The van der Waals surface area contributed by atoms with Gasteiger partial charge in [-0.3, -0.25) is 0 Å². The molecule has 1 rings (SSSR count). The van der Waals surface area contributed by atoms with E-state index in [-0.39, 0.29) is 12.6 Å². The number of aliphatic hydroxyl groups excluding tert-OH is 1. The van der Waals surface area contributed by atoms with E-state index in [1.54, 1.807) is 6.92 Å². The Kier molecular flexibility index (Phi) is 2.73. The van der Waals surface area contributed by atoms with Crippen LogP contribution in [0.25, 0.3) is 0 Å². The first-order valence-electron chi connectivity index (χ1n) is 4.04. The predicted molar refractivity (Wildman–Crippen MR) is 43.7 cm³/mol. The van der Waals surface area contributed by atoms with Crippen LogP contribution in [0.3, 0.4) is 0 Å². The average molecular weight is 184 g/mol. The lowest BCUT2D eigenvalue weighted by Gasteiger charge is -2.19. The van der Waals surface area contributed by atoms with Gasteiger partial charge in [-0.2, -0.15) is 5.26 Å². The van der Waals surface area contributed by atoms with Gasteiger partial charge in [0, 0.05) is 0 Å². The van der Waals surface area contributed by atoms with Crippen molar-refractivity contribution < 1.29 is 14.6 Å². The van der Waals surface area contributed by atoms with Gasteiger partial charge in [-0.25, -0.2) is 4.79 Å². The maximum Gasteiger partial charge on any atom is 0.409 e. The van der Waals surface area contributed by atoms with Crippen molar-refractivity contribution in [3.8, 4) is 6.07 Å². The maximum absolute atomic E-state index is 11.1. The number of hydrogen-bond acceptors (Lipinski definition) is 4.